The molecule has 0 heterocycles. The van der Waals surface area contributed by atoms with Crippen molar-refractivity contribution in [3.63, 3.8) is 0 Å². The number of allylic oxidation sites excluding steroid dienone is 2. The van der Waals surface area contributed by atoms with E-state index in [9.17, 15) is 14.9 Å². The van der Waals surface area contributed by atoms with E-state index in [1.54, 1.807) is 6.08 Å². The van der Waals surface area contributed by atoms with Crippen LogP contribution in [0.15, 0.2) is 23.8 Å². The summed E-state index contributed by atoms with van der Waals surface area (Å²) in [6.07, 6.45) is 4.64. The SMILES string of the molecule is CC1=CC=CC(C)C1(C(=O)O)[N+](=O)[O-]. The lowest BCUT2D eigenvalue weighted by Crippen LogP contribution is -2.53. The van der Waals surface area contributed by atoms with Crippen molar-refractivity contribution in [3.8, 4) is 0 Å². The summed E-state index contributed by atoms with van der Waals surface area (Å²) in [6, 6.07) is 0. The third-order valence-electron chi connectivity index (χ3n) is 2.62. The smallest absolute Gasteiger partial charge is 0.387 e. The van der Waals surface area contributed by atoms with Crippen LogP contribution in [0.25, 0.3) is 0 Å². The van der Waals surface area contributed by atoms with Crippen molar-refractivity contribution in [2.75, 3.05) is 0 Å². The summed E-state index contributed by atoms with van der Waals surface area (Å²) in [5.41, 5.74) is -1.74. The van der Waals surface area contributed by atoms with Gasteiger partial charge in [-0.1, -0.05) is 25.2 Å². The summed E-state index contributed by atoms with van der Waals surface area (Å²) >= 11 is 0. The number of hydrogen-bond acceptors (Lipinski definition) is 3. The molecule has 1 aliphatic carbocycles. The Hall–Kier alpha value is -1.65. The van der Waals surface area contributed by atoms with Crippen LogP contribution < -0.4 is 0 Å². The molecule has 0 aromatic rings. The highest BCUT2D eigenvalue weighted by Crippen LogP contribution is 2.33. The molecule has 0 radical (unpaired) electrons. The Kier molecular flexibility index (Phi) is 2.42. The van der Waals surface area contributed by atoms with Gasteiger partial charge < -0.3 is 5.11 Å². The summed E-state index contributed by atoms with van der Waals surface area (Å²) in [4.78, 5) is 21.2. The molecule has 76 valence electrons. The van der Waals surface area contributed by atoms with E-state index in [0.717, 1.165) is 0 Å². The van der Waals surface area contributed by atoms with Gasteiger partial charge in [0, 0.05) is 10.5 Å². The van der Waals surface area contributed by atoms with Crippen LogP contribution in [0.5, 0.6) is 0 Å². The van der Waals surface area contributed by atoms with Gasteiger partial charge in [0.15, 0.2) is 0 Å². The Balaban J connectivity index is 3.35. The van der Waals surface area contributed by atoms with Crippen LogP contribution in [-0.2, 0) is 4.79 Å². The number of carbonyl (C=O) groups is 1. The number of carboxylic acids is 1. The number of rotatable bonds is 2. The van der Waals surface area contributed by atoms with Gasteiger partial charge in [0.05, 0.1) is 5.92 Å². The van der Waals surface area contributed by atoms with Gasteiger partial charge in [0.1, 0.15) is 0 Å². The van der Waals surface area contributed by atoms with Gasteiger partial charge in [-0.3, -0.25) is 10.1 Å². The van der Waals surface area contributed by atoms with Crippen molar-refractivity contribution < 1.29 is 14.8 Å². The van der Waals surface area contributed by atoms with Crippen molar-refractivity contribution in [1.29, 1.82) is 0 Å². The molecule has 0 spiro atoms. The maximum atomic E-state index is 11.0. The van der Waals surface area contributed by atoms with E-state index < -0.39 is 22.3 Å². The van der Waals surface area contributed by atoms with Crippen LogP contribution in [0.2, 0.25) is 0 Å². The first-order valence-corrected chi connectivity index (χ1v) is 4.17. The molecule has 0 aromatic heterocycles. The minimum atomic E-state index is -1.99. The molecule has 0 fully saturated rings. The quantitative estimate of drug-likeness (QED) is 0.533. The van der Waals surface area contributed by atoms with E-state index in [1.165, 1.54) is 26.0 Å². The molecule has 2 unspecified atom stereocenters. The largest absolute Gasteiger partial charge is 0.476 e. The molecule has 0 amide bonds. The lowest BCUT2D eigenvalue weighted by atomic mass is 9.77. The second kappa shape index (κ2) is 3.25. The fraction of sp³-hybridized carbons (Fsp3) is 0.444. The fourth-order valence-corrected chi connectivity index (χ4v) is 1.74. The molecule has 0 saturated heterocycles. The molecule has 1 N–H and O–H groups in total. The lowest BCUT2D eigenvalue weighted by molar-refractivity contribution is -0.551. The second-order valence-electron chi connectivity index (χ2n) is 3.35. The van der Waals surface area contributed by atoms with E-state index in [4.69, 9.17) is 5.11 Å². The molecule has 1 rings (SSSR count). The van der Waals surface area contributed by atoms with Gasteiger partial charge in [-0.05, 0) is 6.92 Å². The van der Waals surface area contributed by atoms with Crippen LogP contribution in [0.1, 0.15) is 13.8 Å². The highest BCUT2D eigenvalue weighted by atomic mass is 16.6. The third kappa shape index (κ3) is 1.13. The van der Waals surface area contributed by atoms with Crippen LogP contribution in [0.3, 0.4) is 0 Å². The van der Waals surface area contributed by atoms with Crippen LogP contribution >= 0.6 is 0 Å². The number of nitrogens with zero attached hydrogens (tertiary/aromatic N) is 1. The number of carboxylic acid groups (broad SMARTS) is 1. The van der Waals surface area contributed by atoms with Crippen LogP contribution in [-0.4, -0.2) is 21.5 Å². The molecule has 14 heavy (non-hydrogen) atoms. The molecule has 0 aliphatic heterocycles. The molecule has 1 aliphatic rings. The van der Waals surface area contributed by atoms with E-state index >= 15 is 0 Å². The molecule has 5 heteroatoms. The van der Waals surface area contributed by atoms with Gasteiger partial charge in [0.25, 0.3) is 0 Å². The molecule has 0 saturated carbocycles. The van der Waals surface area contributed by atoms with Gasteiger partial charge in [-0.25, -0.2) is 4.79 Å². The van der Waals surface area contributed by atoms with Gasteiger partial charge >= 0.3 is 11.5 Å². The first-order valence-electron chi connectivity index (χ1n) is 4.17. The van der Waals surface area contributed by atoms with E-state index in [0.29, 0.717) is 0 Å². The van der Waals surface area contributed by atoms with Crippen molar-refractivity contribution in [2.45, 2.75) is 19.4 Å². The maximum absolute atomic E-state index is 11.0. The molecule has 0 aromatic carbocycles. The predicted molar refractivity (Wildman–Crippen MR) is 49.4 cm³/mol. The summed E-state index contributed by atoms with van der Waals surface area (Å²) < 4.78 is 0. The molecular weight excluding hydrogens is 186 g/mol. The van der Waals surface area contributed by atoms with Crippen molar-refractivity contribution in [1.82, 2.24) is 0 Å². The fourth-order valence-electron chi connectivity index (χ4n) is 1.74. The predicted octanol–water partition coefficient (Wildman–Crippen LogP) is 1.24. The first-order chi connectivity index (χ1) is 6.44. The van der Waals surface area contributed by atoms with Gasteiger partial charge in [-0.15, -0.1) is 0 Å². The minimum absolute atomic E-state index is 0.255. The van der Waals surface area contributed by atoms with Crippen molar-refractivity contribution >= 4 is 5.97 Å². The standard InChI is InChI=1S/C9H11NO4/c1-6-4-3-5-7(2)9(6,8(11)12)10(13)14/h3-6H,1-2H3,(H,11,12). The zero-order valence-corrected chi connectivity index (χ0v) is 7.93. The monoisotopic (exact) mass is 197 g/mol. The van der Waals surface area contributed by atoms with Crippen LogP contribution in [0.4, 0.5) is 0 Å². The highest BCUT2D eigenvalue weighted by Gasteiger charge is 2.57. The first kappa shape index (κ1) is 10.4. The van der Waals surface area contributed by atoms with Gasteiger partial charge in [0.2, 0.25) is 0 Å². The lowest BCUT2D eigenvalue weighted by Gasteiger charge is -2.27. The van der Waals surface area contributed by atoms with E-state index in [2.05, 4.69) is 0 Å². The molecule has 5 nitrogen and oxygen atoms in total. The van der Waals surface area contributed by atoms with Crippen molar-refractivity contribution in [3.05, 3.63) is 33.9 Å². The number of aliphatic carboxylic acids is 1. The third-order valence-corrected chi connectivity index (χ3v) is 2.62. The second-order valence-corrected chi connectivity index (χ2v) is 3.35. The van der Waals surface area contributed by atoms with Crippen LogP contribution in [0, 0.1) is 16.0 Å². The van der Waals surface area contributed by atoms with E-state index in [1.807, 2.05) is 0 Å². The average Bonchev–Trinajstić information content (AvgIpc) is 2.02. The Morgan fingerprint density at radius 2 is 2.29 bits per heavy atom. The minimum Gasteiger partial charge on any atom is -0.476 e. The van der Waals surface area contributed by atoms with Gasteiger partial charge in [-0.2, -0.15) is 0 Å². The Morgan fingerprint density at radius 1 is 1.71 bits per heavy atom. The maximum Gasteiger partial charge on any atom is 0.387 e. The Morgan fingerprint density at radius 3 is 2.57 bits per heavy atom. The summed E-state index contributed by atoms with van der Waals surface area (Å²) in [5, 5.41) is 19.9. The molecular formula is C9H11NO4. The number of hydrogen-bond donors (Lipinski definition) is 1. The zero-order chi connectivity index (χ0) is 10.9. The number of nitro groups is 1. The van der Waals surface area contributed by atoms with E-state index in [-0.39, 0.29) is 5.57 Å². The zero-order valence-electron chi connectivity index (χ0n) is 7.93. The molecule has 0 bridgehead atoms. The van der Waals surface area contributed by atoms with Crippen molar-refractivity contribution in [2.24, 2.45) is 5.92 Å². The average molecular weight is 197 g/mol. The molecule has 2 atom stereocenters. The Labute approximate surface area is 80.9 Å². The Bertz CT molecular complexity index is 329. The summed E-state index contributed by atoms with van der Waals surface area (Å²) in [6.45, 7) is 3.00. The normalized spacial score (nSPS) is 31.0. The summed E-state index contributed by atoms with van der Waals surface area (Å²) in [7, 11) is 0. The summed E-state index contributed by atoms with van der Waals surface area (Å²) in [5.74, 6) is -2.05. The highest BCUT2D eigenvalue weighted by molar-refractivity contribution is 5.82. The topological polar surface area (TPSA) is 80.4 Å².